The van der Waals surface area contributed by atoms with Crippen LogP contribution in [0.25, 0.3) is 21.6 Å². The van der Waals surface area contributed by atoms with Crippen molar-refractivity contribution in [1.29, 1.82) is 0 Å². The van der Waals surface area contributed by atoms with Gasteiger partial charge in [-0.1, -0.05) is 5.16 Å². The van der Waals surface area contributed by atoms with Gasteiger partial charge in [0.2, 0.25) is 11.7 Å². The van der Waals surface area contributed by atoms with E-state index in [1.165, 1.54) is 0 Å². The lowest BCUT2D eigenvalue weighted by molar-refractivity contribution is 0.216. The van der Waals surface area contributed by atoms with E-state index >= 15 is 0 Å². The van der Waals surface area contributed by atoms with Crippen LogP contribution in [0.3, 0.4) is 0 Å². The molecule has 0 aliphatic carbocycles. The predicted octanol–water partition coefficient (Wildman–Crippen LogP) is 3.53. The average Bonchev–Trinajstić information content (AvgIpc) is 3.40. The molecule has 2 atom stereocenters. The van der Waals surface area contributed by atoms with E-state index in [1.807, 2.05) is 31.2 Å². The van der Waals surface area contributed by atoms with Gasteiger partial charge in [-0.05, 0) is 37.3 Å². The molecule has 1 aliphatic heterocycles. The van der Waals surface area contributed by atoms with Crippen LogP contribution in [-0.4, -0.2) is 32.8 Å². The molecule has 7 nitrogen and oxygen atoms in total. The molecule has 1 aromatic carbocycles. The molecule has 27 heavy (non-hydrogen) atoms. The maximum Gasteiger partial charge on any atom is 0.244 e. The molecule has 4 heterocycles. The summed E-state index contributed by atoms with van der Waals surface area (Å²) in [5, 5.41) is 8.61. The molecule has 0 saturated carbocycles. The number of nitrogens with zero attached hydrogens (tertiary/aromatic N) is 4. The summed E-state index contributed by atoms with van der Waals surface area (Å²) >= 11 is 1.66. The third kappa shape index (κ3) is 3.29. The first kappa shape index (κ1) is 16.3. The number of rotatable bonds is 4. The number of benzene rings is 1. The van der Waals surface area contributed by atoms with Crippen LogP contribution >= 0.6 is 11.3 Å². The van der Waals surface area contributed by atoms with Crippen molar-refractivity contribution in [3.63, 3.8) is 0 Å². The van der Waals surface area contributed by atoms with Crippen molar-refractivity contribution in [3.05, 3.63) is 53.6 Å². The number of thiazole rings is 1. The van der Waals surface area contributed by atoms with Crippen molar-refractivity contribution < 1.29 is 9.26 Å². The summed E-state index contributed by atoms with van der Waals surface area (Å²) in [7, 11) is 0. The summed E-state index contributed by atoms with van der Waals surface area (Å²) in [4.78, 5) is 13.1. The first-order chi connectivity index (χ1) is 13.2. The number of fused-ring (bicyclic) bond motifs is 1. The summed E-state index contributed by atoms with van der Waals surface area (Å²) in [5.74, 6) is 2.00. The molecule has 4 aromatic rings. The Morgan fingerprint density at radius 3 is 2.96 bits per heavy atom. The van der Waals surface area contributed by atoms with E-state index < -0.39 is 0 Å². The quantitative estimate of drug-likeness (QED) is 0.580. The molecule has 0 amide bonds. The van der Waals surface area contributed by atoms with E-state index in [4.69, 9.17) is 9.26 Å². The second kappa shape index (κ2) is 6.71. The van der Waals surface area contributed by atoms with E-state index in [0.717, 1.165) is 39.5 Å². The number of ether oxygens (including phenoxy) is 1. The van der Waals surface area contributed by atoms with Crippen molar-refractivity contribution in [1.82, 2.24) is 25.4 Å². The zero-order chi connectivity index (χ0) is 18.2. The van der Waals surface area contributed by atoms with E-state index in [9.17, 15) is 0 Å². The highest BCUT2D eigenvalue weighted by Gasteiger charge is 2.31. The summed E-state index contributed by atoms with van der Waals surface area (Å²) in [6.07, 6.45) is 4.28. The average molecular weight is 379 g/mol. The Morgan fingerprint density at radius 1 is 1.19 bits per heavy atom. The van der Waals surface area contributed by atoms with Gasteiger partial charge in [0.1, 0.15) is 11.9 Å². The lowest BCUT2D eigenvalue weighted by Gasteiger charge is -2.11. The Morgan fingerprint density at radius 2 is 2.07 bits per heavy atom. The summed E-state index contributed by atoms with van der Waals surface area (Å²) in [6, 6.07) is 9.74. The molecule has 1 saturated heterocycles. The maximum atomic E-state index is 5.97. The third-order valence-corrected chi connectivity index (χ3v) is 5.47. The fraction of sp³-hybridized carbons (Fsp3) is 0.263. The van der Waals surface area contributed by atoms with Gasteiger partial charge in [0.25, 0.3) is 0 Å². The number of aromatic nitrogens is 4. The van der Waals surface area contributed by atoms with Gasteiger partial charge in [-0.2, -0.15) is 4.98 Å². The highest BCUT2D eigenvalue weighted by molar-refractivity contribution is 7.18. The molecule has 0 bridgehead atoms. The monoisotopic (exact) mass is 379 g/mol. The predicted molar refractivity (Wildman–Crippen MR) is 102 cm³/mol. The number of aryl methyl sites for hydroxylation is 1. The number of hydrogen-bond acceptors (Lipinski definition) is 8. The van der Waals surface area contributed by atoms with Crippen LogP contribution in [-0.2, 0) is 0 Å². The van der Waals surface area contributed by atoms with Crippen LogP contribution in [0.1, 0.15) is 23.4 Å². The standard InChI is InChI=1S/C19H17N5O2S/c1-11-22-15-3-2-12(8-17(15)27-11)18-23-19(26-24-18)16-9-14(10-21-16)25-13-4-6-20-7-5-13/h2-8,14,16,21H,9-10H2,1H3/t14-,16-/m0/s1. The highest BCUT2D eigenvalue weighted by Crippen LogP contribution is 2.29. The Labute approximate surface area is 159 Å². The maximum absolute atomic E-state index is 5.97. The van der Waals surface area contributed by atoms with Gasteiger partial charge in [0.15, 0.2) is 0 Å². The lowest BCUT2D eigenvalue weighted by atomic mass is 10.2. The molecular weight excluding hydrogens is 362 g/mol. The van der Waals surface area contributed by atoms with Gasteiger partial charge in [-0.15, -0.1) is 11.3 Å². The molecule has 5 rings (SSSR count). The molecule has 0 spiro atoms. The van der Waals surface area contributed by atoms with Crippen molar-refractivity contribution in [2.24, 2.45) is 0 Å². The van der Waals surface area contributed by atoms with E-state index in [-0.39, 0.29) is 12.1 Å². The molecule has 1 fully saturated rings. The fourth-order valence-corrected chi connectivity index (χ4v) is 4.13. The van der Waals surface area contributed by atoms with Crippen LogP contribution in [0, 0.1) is 6.92 Å². The Hall–Kier alpha value is -2.84. The molecule has 0 radical (unpaired) electrons. The van der Waals surface area contributed by atoms with Crippen LogP contribution in [0.2, 0.25) is 0 Å². The second-order valence-electron chi connectivity index (χ2n) is 6.49. The van der Waals surface area contributed by atoms with Crippen molar-refractivity contribution in [2.75, 3.05) is 6.54 Å². The van der Waals surface area contributed by atoms with E-state index in [1.54, 1.807) is 23.7 Å². The largest absolute Gasteiger partial charge is 0.489 e. The lowest BCUT2D eigenvalue weighted by Crippen LogP contribution is -2.19. The molecule has 0 unspecified atom stereocenters. The van der Waals surface area contributed by atoms with Gasteiger partial charge in [0, 0.05) is 30.9 Å². The van der Waals surface area contributed by atoms with Gasteiger partial charge >= 0.3 is 0 Å². The van der Waals surface area contributed by atoms with Crippen molar-refractivity contribution in [2.45, 2.75) is 25.5 Å². The van der Waals surface area contributed by atoms with Gasteiger partial charge in [0.05, 0.1) is 21.3 Å². The van der Waals surface area contributed by atoms with Gasteiger partial charge in [-0.25, -0.2) is 4.98 Å². The van der Waals surface area contributed by atoms with Crippen molar-refractivity contribution in [3.8, 4) is 17.1 Å². The number of nitrogens with one attached hydrogen (secondary N) is 1. The minimum absolute atomic E-state index is 0.00697. The topological polar surface area (TPSA) is 86.0 Å². The molecule has 1 N–H and O–H groups in total. The number of pyridine rings is 1. The SMILES string of the molecule is Cc1nc2ccc(-c3noc([C@@H]4C[C@H](Oc5ccncc5)CN4)n3)cc2s1. The van der Waals surface area contributed by atoms with Gasteiger partial charge < -0.3 is 14.6 Å². The summed E-state index contributed by atoms with van der Waals surface area (Å²) < 4.78 is 12.6. The summed E-state index contributed by atoms with van der Waals surface area (Å²) in [6.45, 7) is 2.74. The van der Waals surface area contributed by atoms with Crippen LogP contribution in [0.5, 0.6) is 5.75 Å². The van der Waals surface area contributed by atoms with E-state index in [0.29, 0.717) is 11.7 Å². The minimum atomic E-state index is -0.00697. The second-order valence-corrected chi connectivity index (χ2v) is 7.73. The van der Waals surface area contributed by atoms with Crippen LogP contribution < -0.4 is 10.1 Å². The normalized spacial score (nSPS) is 19.6. The molecular formula is C19H17N5O2S. The van der Waals surface area contributed by atoms with Crippen LogP contribution in [0.4, 0.5) is 0 Å². The molecule has 8 heteroatoms. The minimum Gasteiger partial charge on any atom is -0.489 e. The third-order valence-electron chi connectivity index (χ3n) is 4.54. The zero-order valence-electron chi connectivity index (χ0n) is 14.6. The Bertz CT molecular complexity index is 1080. The molecule has 136 valence electrons. The van der Waals surface area contributed by atoms with Crippen LogP contribution in [0.15, 0.2) is 47.2 Å². The smallest absolute Gasteiger partial charge is 0.244 e. The molecule has 1 aliphatic rings. The van der Waals surface area contributed by atoms with E-state index in [2.05, 4.69) is 31.5 Å². The summed E-state index contributed by atoms with van der Waals surface area (Å²) in [5.41, 5.74) is 1.93. The Balaban J connectivity index is 1.31. The fourth-order valence-electron chi connectivity index (χ4n) is 3.26. The molecule has 3 aromatic heterocycles. The van der Waals surface area contributed by atoms with Crippen molar-refractivity contribution >= 4 is 21.6 Å². The van der Waals surface area contributed by atoms with Gasteiger partial charge in [-0.3, -0.25) is 4.98 Å². The number of hydrogen-bond donors (Lipinski definition) is 1. The highest BCUT2D eigenvalue weighted by atomic mass is 32.1. The first-order valence-electron chi connectivity index (χ1n) is 8.76. The Kier molecular flexibility index (Phi) is 4.06. The first-order valence-corrected chi connectivity index (χ1v) is 9.57. The zero-order valence-corrected chi connectivity index (χ0v) is 15.4.